The molecule has 2 fully saturated rings. The van der Waals surface area contributed by atoms with Crippen LogP contribution in [0.15, 0.2) is 36.5 Å². The predicted molar refractivity (Wildman–Crippen MR) is 114 cm³/mol. The van der Waals surface area contributed by atoms with Gasteiger partial charge in [-0.25, -0.2) is 14.2 Å². The van der Waals surface area contributed by atoms with Gasteiger partial charge in [-0.15, -0.1) is 0 Å². The zero-order valence-electron chi connectivity index (χ0n) is 17.5. The number of carbonyl (C=O) groups excluding carboxylic acids is 2. The fourth-order valence-corrected chi connectivity index (χ4v) is 4.03. The Hall–Kier alpha value is -3.69. The summed E-state index contributed by atoms with van der Waals surface area (Å²) in [7, 11) is 0. The Morgan fingerprint density at radius 2 is 1.84 bits per heavy atom. The summed E-state index contributed by atoms with van der Waals surface area (Å²) in [6.07, 6.45) is 2.29. The van der Waals surface area contributed by atoms with Crippen molar-refractivity contribution in [2.75, 3.05) is 24.1 Å². The fraction of sp³-hybridized carbons (Fsp3) is 0.364. The molecule has 1 aliphatic carbocycles. The highest BCUT2D eigenvalue weighted by Crippen LogP contribution is 2.42. The van der Waals surface area contributed by atoms with Crippen LogP contribution >= 0.6 is 0 Å². The van der Waals surface area contributed by atoms with Gasteiger partial charge >= 0.3 is 17.9 Å². The summed E-state index contributed by atoms with van der Waals surface area (Å²) in [5.74, 6) is -1.39. The number of anilines is 2. The van der Waals surface area contributed by atoms with Gasteiger partial charge in [-0.2, -0.15) is 0 Å². The first kappa shape index (κ1) is 21.5. The third-order valence-corrected chi connectivity index (χ3v) is 5.92. The number of carboxylic acid groups (broad SMARTS) is 1. The van der Waals surface area contributed by atoms with E-state index in [1.54, 1.807) is 13.0 Å². The summed E-state index contributed by atoms with van der Waals surface area (Å²) in [5.41, 5.74) is 7.66. The lowest BCUT2D eigenvalue weighted by atomic mass is 9.99. The molecular weight excluding hydrogens is 417 g/mol. The highest BCUT2D eigenvalue weighted by Gasteiger charge is 2.39. The number of pyridine rings is 1. The molecule has 4 N–H and O–H groups in total. The summed E-state index contributed by atoms with van der Waals surface area (Å²) in [6, 6.07) is 5.93. The largest absolute Gasteiger partial charge is 0.465 e. The van der Waals surface area contributed by atoms with Crippen LogP contribution in [-0.2, 0) is 9.59 Å². The molecule has 0 spiro atoms. The van der Waals surface area contributed by atoms with Gasteiger partial charge in [0, 0.05) is 19.1 Å². The van der Waals surface area contributed by atoms with E-state index in [9.17, 15) is 23.9 Å². The van der Waals surface area contributed by atoms with Crippen LogP contribution in [0.1, 0.15) is 42.9 Å². The number of aromatic nitrogens is 1. The minimum Gasteiger partial charge on any atom is -0.465 e. The van der Waals surface area contributed by atoms with E-state index in [0.29, 0.717) is 23.0 Å². The molecule has 4 rings (SSSR count). The second-order valence-corrected chi connectivity index (χ2v) is 8.24. The van der Waals surface area contributed by atoms with Crippen molar-refractivity contribution < 1.29 is 23.9 Å². The number of piperazine rings is 1. The number of nitrogens with two attached hydrogens (primary N) is 1. The number of amides is 3. The van der Waals surface area contributed by atoms with Gasteiger partial charge in [0.1, 0.15) is 11.6 Å². The van der Waals surface area contributed by atoms with Crippen LogP contribution in [0.2, 0.25) is 0 Å². The Bertz CT molecular complexity index is 1060. The van der Waals surface area contributed by atoms with Crippen LogP contribution in [0.4, 0.5) is 20.7 Å². The van der Waals surface area contributed by atoms with Crippen molar-refractivity contribution in [3.8, 4) is 0 Å². The maximum Gasteiger partial charge on any atom is 0.407 e. The van der Waals surface area contributed by atoms with Crippen LogP contribution in [0.3, 0.4) is 0 Å². The first-order chi connectivity index (χ1) is 15.2. The molecule has 9 nitrogen and oxygen atoms in total. The van der Waals surface area contributed by atoms with Crippen molar-refractivity contribution in [2.24, 2.45) is 0 Å². The minimum atomic E-state index is -1.12. The molecule has 1 aromatic carbocycles. The van der Waals surface area contributed by atoms with Crippen LogP contribution < -0.4 is 11.1 Å². The predicted octanol–water partition coefficient (Wildman–Crippen LogP) is 2.57. The number of halogens is 1. The summed E-state index contributed by atoms with van der Waals surface area (Å²) in [4.78, 5) is 44.2. The number of rotatable bonds is 3. The average Bonchev–Trinajstić information content (AvgIpc) is 3.60. The van der Waals surface area contributed by atoms with Crippen molar-refractivity contribution in [3.05, 3.63) is 53.5 Å². The van der Waals surface area contributed by atoms with E-state index in [-0.39, 0.29) is 13.1 Å². The Labute approximate surface area is 184 Å². The number of hydrogen-bond acceptors (Lipinski definition) is 5. The van der Waals surface area contributed by atoms with E-state index in [0.717, 1.165) is 18.4 Å². The van der Waals surface area contributed by atoms with Crippen LogP contribution in [0, 0.1) is 5.82 Å². The molecule has 1 saturated heterocycles. The molecule has 2 aliphatic rings. The van der Waals surface area contributed by atoms with Gasteiger partial charge < -0.3 is 26.0 Å². The number of benzene rings is 1. The molecular formula is C22H24FN5O4. The Balaban J connectivity index is 1.56. The van der Waals surface area contributed by atoms with Gasteiger partial charge in [-0.1, -0.05) is 12.1 Å². The van der Waals surface area contributed by atoms with Crippen molar-refractivity contribution in [1.29, 1.82) is 0 Å². The molecule has 2 heterocycles. The van der Waals surface area contributed by atoms with Gasteiger partial charge in [0.25, 0.3) is 0 Å². The van der Waals surface area contributed by atoms with Crippen LogP contribution in [-0.4, -0.2) is 56.9 Å². The van der Waals surface area contributed by atoms with Crippen LogP contribution in [0.25, 0.3) is 0 Å². The molecule has 1 aliphatic heterocycles. The summed E-state index contributed by atoms with van der Waals surface area (Å²) < 4.78 is 13.4. The zero-order chi connectivity index (χ0) is 23.0. The maximum absolute atomic E-state index is 13.4. The van der Waals surface area contributed by atoms with Crippen molar-refractivity contribution in [1.82, 2.24) is 14.8 Å². The number of nitrogens with one attached hydrogen (secondary N) is 1. The molecule has 3 amide bonds. The molecule has 2 atom stereocenters. The van der Waals surface area contributed by atoms with Gasteiger partial charge in [0.15, 0.2) is 0 Å². The lowest BCUT2D eigenvalue weighted by Crippen LogP contribution is -2.58. The molecule has 2 aromatic rings. The number of nitrogens with zero attached hydrogens (tertiary/aromatic N) is 3. The van der Waals surface area contributed by atoms with Gasteiger partial charge in [0.2, 0.25) is 0 Å². The van der Waals surface area contributed by atoms with E-state index < -0.39 is 35.8 Å². The monoisotopic (exact) mass is 441 g/mol. The third-order valence-electron chi connectivity index (χ3n) is 5.92. The minimum absolute atomic E-state index is 0.0217. The van der Waals surface area contributed by atoms with Crippen molar-refractivity contribution in [3.63, 3.8) is 0 Å². The van der Waals surface area contributed by atoms with E-state index in [4.69, 9.17) is 5.73 Å². The first-order valence-electron chi connectivity index (χ1n) is 10.4. The second-order valence-electron chi connectivity index (χ2n) is 8.24. The highest BCUT2D eigenvalue weighted by molar-refractivity contribution is 6.39. The Morgan fingerprint density at radius 3 is 2.47 bits per heavy atom. The molecule has 168 valence electrons. The lowest BCUT2D eigenvalue weighted by molar-refractivity contribution is -0.147. The first-order valence-corrected chi connectivity index (χ1v) is 10.4. The Kier molecular flexibility index (Phi) is 5.68. The summed E-state index contributed by atoms with van der Waals surface area (Å²) in [5, 5.41) is 12.1. The van der Waals surface area contributed by atoms with Crippen molar-refractivity contribution in [2.45, 2.75) is 37.8 Å². The molecule has 32 heavy (non-hydrogen) atoms. The Morgan fingerprint density at radius 1 is 1.16 bits per heavy atom. The fourth-order valence-electron chi connectivity index (χ4n) is 4.03. The molecule has 1 saturated carbocycles. The molecule has 1 aromatic heterocycles. The van der Waals surface area contributed by atoms with E-state index in [1.807, 2.05) is 0 Å². The SMILES string of the molecule is C[C@@H]1CN(C(=O)C(=O)Nc2cnc(N)c(C3CC3)c2)[C@H](c2ccc(F)cc2)CN1C(=O)O. The molecule has 0 bridgehead atoms. The standard InChI is InChI=1S/C22H24FN5O4/c1-12-10-28(18(11-27(12)22(31)32)14-4-6-15(23)7-5-14)21(30)20(29)26-16-8-17(13-2-3-13)19(24)25-9-16/h4-9,12-13,18H,2-3,10-11H2,1H3,(H2,24,25)(H,26,29)(H,31,32)/t12-,18+/m1/s1. The number of nitrogen functional groups attached to an aromatic ring is 1. The average molecular weight is 441 g/mol. The lowest BCUT2D eigenvalue weighted by Gasteiger charge is -2.44. The van der Waals surface area contributed by atoms with Gasteiger partial charge in [0.05, 0.1) is 17.9 Å². The highest BCUT2D eigenvalue weighted by atomic mass is 19.1. The van der Waals surface area contributed by atoms with Gasteiger partial charge in [-0.05, 0) is 55.0 Å². The van der Waals surface area contributed by atoms with E-state index in [1.165, 1.54) is 40.3 Å². The van der Waals surface area contributed by atoms with Gasteiger partial charge in [-0.3, -0.25) is 9.59 Å². The normalized spacial score (nSPS) is 20.7. The number of hydrogen-bond donors (Lipinski definition) is 3. The quantitative estimate of drug-likeness (QED) is 0.628. The van der Waals surface area contributed by atoms with Crippen LogP contribution in [0.5, 0.6) is 0 Å². The number of carbonyl (C=O) groups is 3. The topological polar surface area (TPSA) is 129 Å². The maximum atomic E-state index is 13.4. The summed E-state index contributed by atoms with van der Waals surface area (Å²) >= 11 is 0. The van der Waals surface area contributed by atoms with E-state index >= 15 is 0 Å². The molecule has 0 radical (unpaired) electrons. The second kappa shape index (κ2) is 8.45. The van der Waals surface area contributed by atoms with Crippen molar-refractivity contribution >= 4 is 29.4 Å². The molecule has 10 heteroatoms. The van der Waals surface area contributed by atoms with E-state index in [2.05, 4.69) is 10.3 Å². The zero-order valence-corrected chi connectivity index (χ0v) is 17.5. The smallest absolute Gasteiger partial charge is 0.407 e. The molecule has 0 unspecified atom stereocenters. The third kappa shape index (κ3) is 4.34. The summed E-state index contributed by atoms with van der Waals surface area (Å²) in [6.45, 7) is 1.66.